The van der Waals surface area contributed by atoms with Crippen molar-refractivity contribution in [2.45, 2.75) is 221 Å². The number of imidazole rings is 1. The highest BCUT2D eigenvalue weighted by Gasteiger charge is 2.46. The summed E-state index contributed by atoms with van der Waals surface area (Å²) in [7, 11) is 3.95. The molecule has 43 heteroatoms. The van der Waals surface area contributed by atoms with E-state index >= 15 is 28.8 Å². The fraction of sp³-hybridized carbons (Fsp3) is 0.517. The van der Waals surface area contributed by atoms with E-state index in [9.17, 15) is 73.2 Å². The average molecular weight is 1830 g/mol. The predicted molar refractivity (Wildman–Crippen MR) is 474 cm³/mol. The molecule has 6 aromatic rings. The van der Waals surface area contributed by atoms with Crippen LogP contribution in [0.1, 0.15) is 127 Å². The van der Waals surface area contributed by atoms with Crippen molar-refractivity contribution in [3.63, 3.8) is 0 Å². The van der Waals surface area contributed by atoms with Crippen molar-refractivity contribution in [3.05, 3.63) is 120 Å². The second kappa shape index (κ2) is 47.9. The number of nitrogens with two attached hydrogens (primary N) is 2. The second-order valence-electron chi connectivity index (χ2n) is 32.9. The smallest absolute Gasteiger partial charge is 0.303 e. The van der Waals surface area contributed by atoms with Gasteiger partial charge in [-0.3, -0.25) is 81.5 Å². The third kappa shape index (κ3) is 27.0. The molecular weight excluding hydrogens is 1710 g/mol. The number of aromatic hydroxyl groups is 1. The largest absolute Gasteiger partial charge is 0.508 e. The number of primary amides is 1. The summed E-state index contributed by atoms with van der Waals surface area (Å²) < 4.78 is 0. The highest BCUT2D eigenvalue weighted by Crippen LogP contribution is 2.28. The summed E-state index contributed by atoms with van der Waals surface area (Å²) in [6, 6.07) is -2.06. The Labute approximate surface area is 753 Å². The van der Waals surface area contributed by atoms with Crippen LogP contribution in [0.2, 0.25) is 0 Å². The number of nitrogens with zero attached hydrogens (tertiary/aromatic N) is 6. The fourth-order valence-corrected chi connectivity index (χ4v) is 16.8. The van der Waals surface area contributed by atoms with Gasteiger partial charge in [0.2, 0.25) is 94.5 Å². The predicted octanol–water partition coefficient (Wildman–Crippen LogP) is -2.88. The van der Waals surface area contributed by atoms with Gasteiger partial charge in [0.05, 0.1) is 37.0 Å². The Balaban J connectivity index is 1.08. The Kier molecular flexibility index (Phi) is 37.1. The maximum atomic E-state index is 15.6. The third-order valence-corrected chi connectivity index (χ3v) is 24.5. The Morgan fingerprint density at radius 3 is 1.69 bits per heavy atom. The van der Waals surface area contributed by atoms with Crippen molar-refractivity contribution in [3.8, 4) is 5.75 Å². The van der Waals surface area contributed by atoms with E-state index in [2.05, 4.69) is 73.1 Å². The molecule has 3 aromatic carbocycles. The highest BCUT2D eigenvalue weighted by molar-refractivity contribution is 8.00. The molecule has 0 spiro atoms. The van der Waals surface area contributed by atoms with Crippen LogP contribution in [-0.2, 0) is 107 Å². The minimum absolute atomic E-state index is 0.00649. The van der Waals surface area contributed by atoms with Crippen LogP contribution in [0.4, 0.5) is 0 Å². The van der Waals surface area contributed by atoms with Crippen LogP contribution < -0.4 is 64.6 Å². The number of aliphatic hydroxyl groups is 2. The number of phenols is 1. The van der Waals surface area contributed by atoms with E-state index in [0.717, 1.165) is 31.4 Å². The zero-order valence-electron chi connectivity index (χ0n) is 73.6. The molecule has 704 valence electrons. The number of carbonyl (C=O) groups excluding carboxylic acids is 16. The van der Waals surface area contributed by atoms with Crippen molar-refractivity contribution < 1.29 is 102 Å². The first-order valence-electron chi connectivity index (χ1n) is 43.4. The first kappa shape index (κ1) is 101. The molecule has 0 radical (unpaired) electrons. The number of fused-ring (bicyclic) bond motifs is 4. The molecule has 15 atom stereocenters. The quantitative estimate of drug-likeness (QED) is 0.0306. The summed E-state index contributed by atoms with van der Waals surface area (Å²) in [5, 5.41) is 70.1. The summed E-state index contributed by atoms with van der Waals surface area (Å²) in [6.45, 7) is 3.68. The van der Waals surface area contributed by atoms with Crippen molar-refractivity contribution in [2.75, 3.05) is 65.4 Å². The van der Waals surface area contributed by atoms with Gasteiger partial charge < -0.3 is 125 Å². The van der Waals surface area contributed by atoms with Crippen molar-refractivity contribution >= 4 is 134 Å². The van der Waals surface area contributed by atoms with E-state index in [1.807, 2.05) is 13.8 Å². The van der Waals surface area contributed by atoms with E-state index in [1.54, 1.807) is 60.9 Å². The van der Waals surface area contributed by atoms with E-state index in [4.69, 9.17) is 11.5 Å². The lowest BCUT2D eigenvalue weighted by molar-refractivity contribution is -0.149. The molecule has 9 rings (SSSR count). The van der Waals surface area contributed by atoms with E-state index in [0.29, 0.717) is 64.2 Å². The van der Waals surface area contributed by atoms with Crippen molar-refractivity contribution in [1.29, 1.82) is 0 Å². The number of benzene rings is 3. The molecule has 42 nitrogen and oxygen atoms in total. The number of aliphatic carboxylic acids is 1. The number of amides is 16. The lowest BCUT2D eigenvalue weighted by Crippen LogP contribution is -2.61. The summed E-state index contributed by atoms with van der Waals surface area (Å²) in [5.74, 6) is -17.4. The number of thioether (sulfide) groups is 1. The number of aromatic nitrogens is 4. The number of likely N-dealkylation sites (N-methyl/N-ethyl adjacent to an activating group) is 3. The molecule has 0 bridgehead atoms. The Bertz CT molecular complexity index is 5030. The number of rotatable bonds is 23. The number of hydrogen-bond donors (Lipinski definition) is 19. The molecule has 3 aliphatic heterocycles. The molecule has 3 aliphatic rings. The summed E-state index contributed by atoms with van der Waals surface area (Å²) in [4.78, 5) is 266. The maximum Gasteiger partial charge on any atom is 0.303 e. The number of aliphatic hydroxyl groups excluding tert-OH is 2. The van der Waals surface area contributed by atoms with Crippen molar-refractivity contribution in [1.82, 2.24) is 97.6 Å². The summed E-state index contributed by atoms with van der Waals surface area (Å²) >= 11 is 0.794. The van der Waals surface area contributed by atoms with Gasteiger partial charge in [0.25, 0.3) is 0 Å². The first-order valence-corrected chi connectivity index (χ1v) is 44.5. The number of aromatic amines is 3. The van der Waals surface area contributed by atoms with Gasteiger partial charge in [-0.15, -0.1) is 11.8 Å². The minimum Gasteiger partial charge on any atom is -0.508 e. The van der Waals surface area contributed by atoms with Gasteiger partial charge in [0, 0.05) is 119 Å². The van der Waals surface area contributed by atoms with Crippen LogP contribution in [-0.4, -0.2) is 321 Å². The van der Waals surface area contributed by atoms with Gasteiger partial charge in [-0.2, -0.15) is 0 Å². The van der Waals surface area contributed by atoms with Crippen LogP contribution in [0.3, 0.4) is 0 Å². The number of carboxylic acids is 1. The molecule has 0 saturated carbocycles. The lowest BCUT2D eigenvalue weighted by Gasteiger charge is -2.36. The van der Waals surface area contributed by atoms with Gasteiger partial charge in [-0.1, -0.05) is 88.1 Å². The molecular formula is C87H119N21O21S. The number of carboxylic acid groups (broad SMARTS) is 1. The van der Waals surface area contributed by atoms with E-state index in [1.165, 1.54) is 76.7 Å². The number of phenolic OH excluding ortho intramolecular Hbond substituents is 1. The van der Waals surface area contributed by atoms with E-state index in [-0.39, 0.29) is 88.1 Å². The van der Waals surface area contributed by atoms with E-state index < -0.39 is 236 Å². The minimum atomic E-state index is -1.91. The number of H-pyrrole nitrogens is 3. The molecule has 16 amide bonds. The van der Waals surface area contributed by atoms with Gasteiger partial charge in [-0.25, -0.2) is 4.98 Å². The van der Waals surface area contributed by atoms with Gasteiger partial charge in [-0.05, 0) is 99.9 Å². The topological polar surface area (TPSA) is 620 Å². The molecule has 3 saturated heterocycles. The van der Waals surface area contributed by atoms with Gasteiger partial charge in [0.15, 0.2) is 0 Å². The monoisotopic (exact) mass is 1830 g/mol. The second-order valence-corrected chi connectivity index (χ2v) is 33.9. The standard InChI is InChI=1S/C87H119N21O21S/c1-8-10-21-67-80(122)95-47(3)74(116)103-66(76(118)93-41-71(89)112)44-130-45-72(113)96-63(33-49-24-26-53(110)27-25-49)83(125)104(5)48(4)75(117)97-60(30-31-88)85(127)107-32-16-23-68(107)81(123)100-62(36-52-40-90-46-94-52)78(120)98-59(28-29-73(114)115)86(128)108-42-54(111)37-70(108)82(124)99-61(34-50-38-91-57-19-14-12-17-55(50)57)77(119)102-65(43-109)79(121)101-64(35-51-39-92-58-20-15-13-18-56(51)58)84(126)106(7)69(22-11-9-2)87(129)105(67)6/h12-15,17-20,24-27,38-40,46-48,54,59-70,91-92,109-111H,8-11,16,21-23,28-37,41-45,88H2,1-7H3,(H2,89,112)(H,90,94)(H,93,118)(H,95,122)(H,96,113)(H,97,117)(H,98,120)(H,99,124)(H,100,123)(H,101,121)(H,102,119)(H,103,116)(H,114,115)/t47-,48-,54+,59-,60-,61-,62-,63-,64-,65-,66-,67-,68-,69-,70-/m0/s1. The van der Waals surface area contributed by atoms with Crippen LogP contribution in [0.25, 0.3) is 21.8 Å². The van der Waals surface area contributed by atoms with Gasteiger partial charge in [0.1, 0.15) is 90.3 Å². The molecule has 3 aromatic heterocycles. The number of unbranched alkanes of at least 4 members (excludes halogenated alkanes) is 2. The number of hydrogen-bond acceptors (Lipinski definition) is 23. The van der Waals surface area contributed by atoms with Crippen LogP contribution >= 0.6 is 11.8 Å². The Hall–Kier alpha value is -13.0. The third-order valence-electron chi connectivity index (χ3n) is 23.4. The fourth-order valence-electron chi connectivity index (χ4n) is 16.0. The SMILES string of the molecule is CCCC[C@H]1C(=O)N(C)[C@@H](CCCC)C(=O)N[C@@H](C)C(=O)N[C@H](C(=O)NCC(N)=O)CSCC(=O)N[C@@H](Cc2ccc(O)cc2)C(=O)N(C)[C@@H](C)C(=O)N[C@@H](CCN)C(=O)N2CCC[C@H]2C(=O)N[C@@H](Cc2c[nH]cn2)C(=O)N[C@@H](CCC(=O)O)C(=O)N2C[C@H](O)C[C@H]2C(=O)N[C@@H](Cc2c[nH]c3ccccc23)C(=O)N[C@@H](CO)C(=O)N[C@@H](Cc2c[nH]c3ccccc23)C(=O)N1C. The molecule has 130 heavy (non-hydrogen) atoms. The number of nitrogens with one attached hydrogen (secondary N) is 13. The zero-order chi connectivity index (χ0) is 94.7. The average Bonchev–Trinajstić information content (AvgIpc) is 1.42. The Morgan fingerprint density at radius 1 is 0.554 bits per heavy atom. The molecule has 6 heterocycles. The molecule has 3 fully saturated rings. The highest BCUT2D eigenvalue weighted by atomic mass is 32.2. The summed E-state index contributed by atoms with van der Waals surface area (Å²) in [5.41, 5.74) is 14.3. The number of carbonyl (C=O) groups is 17. The maximum absolute atomic E-state index is 15.6. The molecule has 0 unspecified atom stereocenters. The van der Waals surface area contributed by atoms with Gasteiger partial charge >= 0.3 is 5.97 Å². The van der Waals surface area contributed by atoms with Crippen LogP contribution in [0.15, 0.2) is 97.7 Å². The first-order chi connectivity index (χ1) is 62.0. The number of para-hydroxylation sites is 2. The Morgan fingerprint density at radius 2 is 1.09 bits per heavy atom. The summed E-state index contributed by atoms with van der Waals surface area (Å²) in [6.07, 6.45) is 3.10. The zero-order valence-corrected chi connectivity index (χ0v) is 74.5. The van der Waals surface area contributed by atoms with Crippen molar-refractivity contribution in [2.24, 2.45) is 11.5 Å². The molecule has 0 aliphatic carbocycles. The van der Waals surface area contributed by atoms with Crippen LogP contribution in [0, 0.1) is 0 Å². The molecule has 21 N–H and O–H groups in total. The normalized spacial score (nSPS) is 25.3. The lowest BCUT2D eigenvalue weighted by atomic mass is 10.00. The van der Waals surface area contributed by atoms with Crippen LogP contribution in [0.5, 0.6) is 5.75 Å².